The predicted octanol–water partition coefficient (Wildman–Crippen LogP) is 1.51. The van der Waals surface area contributed by atoms with Gasteiger partial charge in [0, 0.05) is 23.9 Å². The molecular formula is C12H19N3. The van der Waals surface area contributed by atoms with E-state index in [1.165, 1.54) is 36.2 Å². The Bertz CT molecular complexity index is 336. The third-order valence-electron chi connectivity index (χ3n) is 3.21. The number of nitrogens with zero attached hydrogens (tertiary/aromatic N) is 2. The second-order valence-corrected chi connectivity index (χ2v) is 4.35. The molecule has 2 rings (SSSR count). The molecular weight excluding hydrogens is 186 g/mol. The molecule has 1 atom stereocenters. The molecule has 1 unspecified atom stereocenters. The Balaban J connectivity index is 2.23. The fourth-order valence-corrected chi connectivity index (χ4v) is 2.16. The molecule has 1 aliphatic carbocycles. The second kappa shape index (κ2) is 4.71. The summed E-state index contributed by atoms with van der Waals surface area (Å²) in [6.07, 6.45) is 7.62. The highest BCUT2D eigenvalue weighted by Gasteiger charge is 2.16. The van der Waals surface area contributed by atoms with Crippen LogP contribution in [-0.4, -0.2) is 23.1 Å². The first-order valence-electron chi connectivity index (χ1n) is 5.80. The lowest BCUT2D eigenvalue weighted by atomic mass is 9.93. The first-order chi connectivity index (χ1) is 7.31. The van der Waals surface area contributed by atoms with E-state index in [4.69, 9.17) is 0 Å². The van der Waals surface area contributed by atoms with Gasteiger partial charge in [0.25, 0.3) is 0 Å². The summed E-state index contributed by atoms with van der Waals surface area (Å²) >= 11 is 0. The minimum absolute atomic E-state index is 0.492. The zero-order valence-corrected chi connectivity index (χ0v) is 9.58. The third kappa shape index (κ3) is 2.34. The first kappa shape index (κ1) is 10.6. The Hall–Kier alpha value is -0.960. The Morgan fingerprint density at radius 1 is 1.33 bits per heavy atom. The maximum atomic E-state index is 4.43. The van der Waals surface area contributed by atoms with Crippen LogP contribution in [0, 0.1) is 0 Å². The Kier molecular flexibility index (Phi) is 3.31. The fraction of sp³-hybridized carbons (Fsp3) is 0.667. The van der Waals surface area contributed by atoms with Gasteiger partial charge in [-0.25, -0.2) is 9.97 Å². The molecule has 0 bridgehead atoms. The van der Waals surface area contributed by atoms with Crippen LogP contribution in [0.25, 0.3) is 0 Å². The highest BCUT2D eigenvalue weighted by molar-refractivity contribution is 5.27. The second-order valence-electron chi connectivity index (χ2n) is 4.35. The van der Waals surface area contributed by atoms with Crippen LogP contribution in [0.5, 0.6) is 0 Å². The quantitative estimate of drug-likeness (QED) is 0.812. The van der Waals surface area contributed by atoms with E-state index in [1.54, 1.807) is 6.33 Å². The highest BCUT2D eigenvalue weighted by atomic mass is 14.9. The molecule has 0 aliphatic heterocycles. The number of aromatic nitrogens is 2. The maximum absolute atomic E-state index is 4.43. The van der Waals surface area contributed by atoms with Gasteiger partial charge in [-0.3, -0.25) is 0 Å². The Morgan fingerprint density at radius 3 is 2.93 bits per heavy atom. The van der Waals surface area contributed by atoms with Crippen LogP contribution in [0.2, 0.25) is 0 Å². The molecule has 1 aliphatic rings. The van der Waals surface area contributed by atoms with Gasteiger partial charge in [-0.1, -0.05) is 0 Å². The summed E-state index contributed by atoms with van der Waals surface area (Å²) in [6.45, 7) is 2.19. The topological polar surface area (TPSA) is 37.8 Å². The lowest BCUT2D eigenvalue weighted by Crippen LogP contribution is -2.25. The van der Waals surface area contributed by atoms with E-state index in [2.05, 4.69) is 22.2 Å². The van der Waals surface area contributed by atoms with Gasteiger partial charge in [0.15, 0.2) is 0 Å². The third-order valence-corrected chi connectivity index (χ3v) is 3.21. The lowest BCUT2D eigenvalue weighted by Gasteiger charge is -2.19. The van der Waals surface area contributed by atoms with Gasteiger partial charge >= 0.3 is 0 Å². The average Bonchev–Trinajstić information content (AvgIpc) is 2.29. The van der Waals surface area contributed by atoms with E-state index in [0.717, 1.165) is 12.8 Å². The van der Waals surface area contributed by atoms with Crippen molar-refractivity contribution in [3.63, 3.8) is 0 Å². The molecule has 1 aromatic heterocycles. The summed E-state index contributed by atoms with van der Waals surface area (Å²) in [4.78, 5) is 8.81. The van der Waals surface area contributed by atoms with Crippen molar-refractivity contribution >= 4 is 0 Å². The number of fused-ring (bicyclic) bond motifs is 1. The molecule has 0 aromatic carbocycles. The van der Waals surface area contributed by atoms with Crippen LogP contribution in [0.1, 0.15) is 36.7 Å². The van der Waals surface area contributed by atoms with Crippen LogP contribution >= 0.6 is 0 Å². The molecule has 15 heavy (non-hydrogen) atoms. The van der Waals surface area contributed by atoms with Crippen molar-refractivity contribution in [3.05, 3.63) is 23.3 Å². The monoisotopic (exact) mass is 205 g/mol. The summed E-state index contributed by atoms with van der Waals surface area (Å²) in [7, 11) is 2.00. The van der Waals surface area contributed by atoms with Gasteiger partial charge in [-0.15, -0.1) is 0 Å². The minimum atomic E-state index is 0.492. The van der Waals surface area contributed by atoms with E-state index in [1.807, 2.05) is 7.05 Å². The fourth-order valence-electron chi connectivity index (χ4n) is 2.16. The molecule has 0 saturated carbocycles. The molecule has 82 valence electrons. The summed E-state index contributed by atoms with van der Waals surface area (Å²) in [5.41, 5.74) is 3.96. The number of hydrogen-bond acceptors (Lipinski definition) is 3. The lowest BCUT2D eigenvalue weighted by molar-refractivity contribution is 0.583. The van der Waals surface area contributed by atoms with E-state index < -0.39 is 0 Å². The number of nitrogens with one attached hydrogen (secondary N) is 1. The van der Waals surface area contributed by atoms with Crippen molar-refractivity contribution in [2.24, 2.45) is 0 Å². The predicted molar refractivity (Wildman–Crippen MR) is 60.9 cm³/mol. The summed E-state index contributed by atoms with van der Waals surface area (Å²) in [6, 6.07) is 0.492. The van der Waals surface area contributed by atoms with E-state index >= 15 is 0 Å². The van der Waals surface area contributed by atoms with Crippen molar-refractivity contribution in [3.8, 4) is 0 Å². The van der Waals surface area contributed by atoms with Crippen molar-refractivity contribution in [2.45, 2.75) is 45.1 Å². The van der Waals surface area contributed by atoms with Crippen LogP contribution in [-0.2, 0) is 19.3 Å². The van der Waals surface area contributed by atoms with E-state index in [9.17, 15) is 0 Å². The van der Waals surface area contributed by atoms with Crippen molar-refractivity contribution in [1.29, 1.82) is 0 Å². The Morgan fingerprint density at radius 2 is 2.13 bits per heavy atom. The number of aryl methyl sites for hydroxylation is 1. The largest absolute Gasteiger partial charge is 0.317 e. The first-order valence-corrected chi connectivity index (χ1v) is 5.80. The molecule has 0 saturated heterocycles. The Labute approximate surface area is 91.3 Å². The highest BCUT2D eigenvalue weighted by Crippen LogP contribution is 2.21. The molecule has 3 nitrogen and oxygen atoms in total. The maximum Gasteiger partial charge on any atom is 0.115 e. The van der Waals surface area contributed by atoms with Crippen LogP contribution in [0.4, 0.5) is 0 Å². The van der Waals surface area contributed by atoms with Gasteiger partial charge in [0.05, 0.1) is 0 Å². The van der Waals surface area contributed by atoms with E-state index in [0.29, 0.717) is 6.04 Å². The number of likely N-dealkylation sites (N-methyl/N-ethyl adjacent to an activating group) is 1. The number of hydrogen-bond donors (Lipinski definition) is 1. The summed E-state index contributed by atoms with van der Waals surface area (Å²) < 4.78 is 0. The zero-order chi connectivity index (χ0) is 10.7. The molecule has 1 aromatic rings. The van der Waals surface area contributed by atoms with Gasteiger partial charge in [-0.2, -0.15) is 0 Å². The van der Waals surface area contributed by atoms with Gasteiger partial charge in [-0.05, 0) is 45.2 Å². The molecule has 3 heteroatoms. The van der Waals surface area contributed by atoms with Crippen molar-refractivity contribution < 1.29 is 0 Å². The van der Waals surface area contributed by atoms with Gasteiger partial charge in [0.1, 0.15) is 6.33 Å². The van der Waals surface area contributed by atoms with Crippen LogP contribution in [0.3, 0.4) is 0 Å². The van der Waals surface area contributed by atoms with Crippen molar-refractivity contribution in [2.75, 3.05) is 7.05 Å². The molecule has 0 fully saturated rings. The van der Waals surface area contributed by atoms with Crippen LogP contribution in [0.15, 0.2) is 6.33 Å². The van der Waals surface area contributed by atoms with Crippen molar-refractivity contribution in [1.82, 2.24) is 15.3 Å². The molecule has 0 amide bonds. The summed E-state index contributed by atoms with van der Waals surface area (Å²) in [5, 5.41) is 3.26. The average molecular weight is 205 g/mol. The van der Waals surface area contributed by atoms with Gasteiger partial charge < -0.3 is 5.32 Å². The SMILES string of the molecule is CNC(C)Cc1ncnc2c1CCCC2. The minimum Gasteiger partial charge on any atom is -0.317 e. The van der Waals surface area contributed by atoms with E-state index in [-0.39, 0.29) is 0 Å². The zero-order valence-electron chi connectivity index (χ0n) is 9.58. The summed E-state index contributed by atoms with van der Waals surface area (Å²) in [5.74, 6) is 0. The molecule has 1 N–H and O–H groups in total. The molecule has 0 spiro atoms. The van der Waals surface area contributed by atoms with Gasteiger partial charge in [0.2, 0.25) is 0 Å². The standard InChI is InChI=1S/C12H19N3/c1-9(13-2)7-12-10-5-3-4-6-11(10)14-8-15-12/h8-9,13H,3-7H2,1-2H3. The molecule has 1 heterocycles. The normalized spacial score (nSPS) is 17.2. The van der Waals surface area contributed by atoms with Crippen LogP contribution < -0.4 is 5.32 Å². The smallest absolute Gasteiger partial charge is 0.115 e. The molecule has 0 radical (unpaired) electrons. The number of rotatable bonds is 3.